The Morgan fingerprint density at radius 1 is 1.16 bits per heavy atom. The SMILES string of the molecule is CCS(=O)c1ccc(CC(=O)Nc2ccc3c(n2)CCC(C)(c2ccc(C)s2)C3=O)cc1. The van der Waals surface area contributed by atoms with Gasteiger partial charge < -0.3 is 5.32 Å². The molecule has 0 saturated heterocycles. The number of anilines is 1. The van der Waals surface area contributed by atoms with Crippen molar-refractivity contribution in [3.63, 3.8) is 0 Å². The van der Waals surface area contributed by atoms with Crippen LogP contribution >= 0.6 is 11.3 Å². The number of thiophene rings is 1. The summed E-state index contributed by atoms with van der Waals surface area (Å²) in [5.74, 6) is 0.942. The molecule has 4 rings (SSSR count). The van der Waals surface area contributed by atoms with E-state index in [1.807, 2.05) is 26.0 Å². The molecular weight excluding hydrogens is 440 g/mol. The fraction of sp³-hybridized carbons (Fsp3) is 0.320. The van der Waals surface area contributed by atoms with Gasteiger partial charge in [0, 0.05) is 26.0 Å². The molecule has 1 aliphatic rings. The van der Waals surface area contributed by atoms with E-state index in [2.05, 4.69) is 29.4 Å². The van der Waals surface area contributed by atoms with E-state index >= 15 is 0 Å². The van der Waals surface area contributed by atoms with E-state index in [-0.39, 0.29) is 18.1 Å². The predicted molar refractivity (Wildman–Crippen MR) is 129 cm³/mol. The number of ketones is 1. The van der Waals surface area contributed by atoms with Gasteiger partial charge in [-0.3, -0.25) is 13.8 Å². The monoisotopic (exact) mass is 466 g/mol. The highest BCUT2D eigenvalue weighted by atomic mass is 32.2. The minimum atomic E-state index is -1.00. The molecule has 1 aromatic carbocycles. The standard InChI is InChI=1S/C25H26N2O3S2/c1-4-32(30)18-8-6-17(7-9-18)15-23(28)27-22-12-10-19-20(26-22)13-14-25(3,24(19)29)21-11-5-16(2)31-21/h5-12H,4,13-15H2,1-3H3,(H,26,27,28). The fourth-order valence-corrected chi connectivity index (χ4v) is 5.82. The normalized spacial score (nSPS) is 18.8. The van der Waals surface area contributed by atoms with E-state index in [4.69, 9.17) is 0 Å². The van der Waals surface area contributed by atoms with Gasteiger partial charge >= 0.3 is 0 Å². The second-order valence-electron chi connectivity index (χ2n) is 8.27. The van der Waals surface area contributed by atoms with Crippen LogP contribution in [0.2, 0.25) is 0 Å². The lowest BCUT2D eigenvalue weighted by Gasteiger charge is -2.32. The number of nitrogens with zero attached hydrogens (tertiary/aromatic N) is 1. The van der Waals surface area contributed by atoms with Crippen molar-refractivity contribution in [2.24, 2.45) is 0 Å². The van der Waals surface area contributed by atoms with Crippen molar-refractivity contribution in [2.45, 2.75) is 50.3 Å². The van der Waals surface area contributed by atoms with Crippen molar-refractivity contribution in [1.29, 1.82) is 0 Å². The van der Waals surface area contributed by atoms with Crippen LogP contribution in [0.3, 0.4) is 0 Å². The summed E-state index contributed by atoms with van der Waals surface area (Å²) >= 11 is 1.67. The maximum atomic E-state index is 13.3. The summed E-state index contributed by atoms with van der Waals surface area (Å²) < 4.78 is 11.9. The van der Waals surface area contributed by atoms with Crippen LogP contribution in [0.15, 0.2) is 53.4 Å². The Morgan fingerprint density at radius 2 is 1.91 bits per heavy atom. The first-order valence-corrected chi connectivity index (χ1v) is 12.8. The second-order valence-corrected chi connectivity index (χ2v) is 11.3. The van der Waals surface area contributed by atoms with Crippen molar-refractivity contribution in [3.8, 4) is 0 Å². The summed E-state index contributed by atoms with van der Waals surface area (Å²) in [6, 6.07) is 14.9. The number of carbonyl (C=O) groups is 2. The van der Waals surface area contributed by atoms with Gasteiger partial charge in [-0.1, -0.05) is 19.1 Å². The van der Waals surface area contributed by atoms with Gasteiger partial charge in [-0.25, -0.2) is 4.98 Å². The van der Waals surface area contributed by atoms with Gasteiger partial charge in [0.25, 0.3) is 0 Å². The molecule has 2 unspecified atom stereocenters. The Morgan fingerprint density at radius 3 is 2.56 bits per heavy atom. The first-order valence-electron chi connectivity index (χ1n) is 10.7. The molecule has 7 heteroatoms. The Labute approximate surface area is 194 Å². The summed E-state index contributed by atoms with van der Waals surface area (Å²) in [4.78, 5) is 33.4. The number of aromatic nitrogens is 1. The molecule has 1 N–H and O–H groups in total. The zero-order valence-corrected chi connectivity index (χ0v) is 20.1. The average molecular weight is 467 g/mol. The topological polar surface area (TPSA) is 76.1 Å². The number of pyridine rings is 1. The molecule has 2 atom stereocenters. The van der Waals surface area contributed by atoms with Gasteiger partial charge in [0.1, 0.15) is 5.82 Å². The summed E-state index contributed by atoms with van der Waals surface area (Å²) in [7, 11) is -1.00. The number of hydrogen-bond donors (Lipinski definition) is 1. The molecule has 32 heavy (non-hydrogen) atoms. The highest BCUT2D eigenvalue weighted by Gasteiger charge is 2.41. The highest BCUT2D eigenvalue weighted by Crippen LogP contribution is 2.40. The third-order valence-electron chi connectivity index (χ3n) is 5.95. The molecule has 1 aliphatic carbocycles. The molecule has 0 fully saturated rings. The van der Waals surface area contributed by atoms with Gasteiger partial charge in [0.15, 0.2) is 5.78 Å². The van der Waals surface area contributed by atoms with E-state index < -0.39 is 16.2 Å². The lowest BCUT2D eigenvalue weighted by atomic mass is 9.72. The van der Waals surface area contributed by atoms with Gasteiger partial charge in [-0.05, 0) is 68.7 Å². The molecule has 1 amide bonds. The number of hydrogen-bond acceptors (Lipinski definition) is 5. The van der Waals surface area contributed by atoms with Gasteiger partial charge in [0.2, 0.25) is 5.91 Å². The second kappa shape index (κ2) is 9.08. The van der Waals surface area contributed by atoms with E-state index in [9.17, 15) is 13.8 Å². The summed E-state index contributed by atoms with van der Waals surface area (Å²) in [6.07, 6.45) is 1.59. The van der Waals surface area contributed by atoms with E-state index in [1.54, 1.807) is 35.6 Å². The Kier molecular flexibility index (Phi) is 6.40. The predicted octanol–water partition coefficient (Wildman–Crippen LogP) is 4.85. The van der Waals surface area contributed by atoms with E-state index in [1.165, 1.54) is 4.88 Å². The van der Waals surface area contributed by atoms with Crippen LogP contribution in [-0.2, 0) is 33.9 Å². The van der Waals surface area contributed by atoms with Crippen molar-refractivity contribution in [1.82, 2.24) is 4.98 Å². The number of rotatable bonds is 6. The largest absolute Gasteiger partial charge is 0.310 e. The third kappa shape index (κ3) is 4.45. The first-order chi connectivity index (χ1) is 15.3. The lowest BCUT2D eigenvalue weighted by Crippen LogP contribution is -2.37. The number of carbonyl (C=O) groups excluding carboxylic acids is 2. The molecule has 2 heterocycles. The maximum absolute atomic E-state index is 13.3. The maximum Gasteiger partial charge on any atom is 0.229 e. The Hall–Kier alpha value is -2.64. The van der Waals surface area contributed by atoms with Crippen molar-refractivity contribution in [3.05, 3.63) is 75.1 Å². The minimum Gasteiger partial charge on any atom is -0.310 e. The quantitative estimate of drug-likeness (QED) is 0.564. The summed E-state index contributed by atoms with van der Waals surface area (Å²) in [6.45, 7) is 5.94. The first kappa shape index (κ1) is 22.6. The summed E-state index contributed by atoms with van der Waals surface area (Å²) in [5, 5.41) is 2.84. The molecule has 0 radical (unpaired) electrons. The highest BCUT2D eigenvalue weighted by molar-refractivity contribution is 7.85. The van der Waals surface area contributed by atoms with Crippen LogP contribution in [0.25, 0.3) is 0 Å². The number of fused-ring (bicyclic) bond motifs is 1. The number of amides is 1. The Balaban J connectivity index is 1.45. The molecule has 3 aromatic rings. The van der Waals surface area contributed by atoms with Crippen LogP contribution in [0.1, 0.15) is 51.6 Å². The molecule has 0 aliphatic heterocycles. The zero-order valence-electron chi connectivity index (χ0n) is 18.4. The number of aryl methyl sites for hydroxylation is 2. The Bertz CT molecular complexity index is 1200. The van der Waals surface area contributed by atoms with Gasteiger partial charge in [0.05, 0.1) is 28.3 Å². The van der Waals surface area contributed by atoms with Crippen molar-refractivity contribution >= 4 is 39.6 Å². The molecule has 0 bridgehead atoms. The number of nitrogens with one attached hydrogen (secondary N) is 1. The van der Waals surface area contributed by atoms with Crippen LogP contribution in [0.5, 0.6) is 0 Å². The molecule has 2 aromatic heterocycles. The lowest BCUT2D eigenvalue weighted by molar-refractivity contribution is -0.115. The fourth-order valence-electron chi connectivity index (χ4n) is 4.01. The van der Waals surface area contributed by atoms with Crippen LogP contribution in [-0.4, -0.2) is 26.6 Å². The van der Waals surface area contributed by atoms with Crippen molar-refractivity contribution < 1.29 is 13.8 Å². The van der Waals surface area contributed by atoms with Crippen molar-refractivity contribution in [2.75, 3.05) is 11.1 Å². The number of benzene rings is 1. The molecule has 166 valence electrons. The summed E-state index contributed by atoms with van der Waals surface area (Å²) in [5.41, 5.74) is 1.70. The molecule has 5 nitrogen and oxygen atoms in total. The van der Waals surface area contributed by atoms with Crippen LogP contribution < -0.4 is 5.32 Å². The smallest absolute Gasteiger partial charge is 0.229 e. The van der Waals surface area contributed by atoms with Gasteiger partial charge in [-0.15, -0.1) is 11.3 Å². The number of Topliss-reactive ketones (excluding diaryl/α,β-unsaturated/α-hetero) is 1. The molecule has 0 spiro atoms. The van der Waals surface area contributed by atoms with E-state index in [0.29, 0.717) is 30.0 Å². The van der Waals surface area contributed by atoms with Gasteiger partial charge in [-0.2, -0.15) is 0 Å². The molecule has 0 saturated carbocycles. The van der Waals surface area contributed by atoms with Crippen LogP contribution in [0.4, 0.5) is 5.82 Å². The zero-order chi connectivity index (χ0) is 22.9. The minimum absolute atomic E-state index is 0.0931. The third-order valence-corrected chi connectivity index (χ3v) is 8.53. The molecular formula is C25H26N2O3S2. The van der Waals surface area contributed by atoms with Crippen LogP contribution in [0, 0.1) is 6.92 Å². The average Bonchev–Trinajstić information content (AvgIpc) is 3.23. The van der Waals surface area contributed by atoms with E-state index in [0.717, 1.165) is 21.0 Å².